The highest BCUT2D eigenvalue weighted by Crippen LogP contribution is 2.32. The number of fused-ring (bicyclic) bond motifs is 1. The van der Waals surface area contributed by atoms with Gasteiger partial charge in [-0.1, -0.05) is 19.9 Å². The zero-order chi connectivity index (χ0) is 20.2. The molecule has 1 aromatic carbocycles. The summed E-state index contributed by atoms with van der Waals surface area (Å²) in [5.74, 6) is 3.13. The molecule has 2 aliphatic rings. The van der Waals surface area contributed by atoms with E-state index in [2.05, 4.69) is 51.5 Å². The van der Waals surface area contributed by atoms with Crippen LogP contribution < -0.4 is 14.8 Å². The summed E-state index contributed by atoms with van der Waals surface area (Å²) < 4.78 is 10.9. The van der Waals surface area contributed by atoms with Gasteiger partial charge in [-0.2, -0.15) is 0 Å². The number of hydrogen-bond donors (Lipinski definition) is 1. The monoisotopic (exact) mass is 543 g/mol. The number of ether oxygens (including phenoxy) is 2. The molecule has 4 rings (SSSR count). The molecule has 3 heterocycles. The summed E-state index contributed by atoms with van der Waals surface area (Å²) in [4.78, 5) is 14.0. The number of benzene rings is 1. The van der Waals surface area contributed by atoms with Gasteiger partial charge in [0.25, 0.3) is 0 Å². The van der Waals surface area contributed by atoms with Gasteiger partial charge in [0.1, 0.15) is 0 Å². The third kappa shape index (κ3) is 5.55. The van der Waals surface area contributed by atoms with Crippen LogP contribution in [0.3, 0.4) is 0 Å². The molecule has 30 heavy (non-hydrogen) atoms. The number of thiazole rings is 1. The number of piperazine rings is 1. The third-order valence-corrected chi connectivity index (χ3v) is 6.41. The van der Waals surface area contributed by atoms with Crippen LogP contribution in [0.1, 0.15) is 36.0 Å². The maximum atomic E-state index is 5.49. The summed E-state index contributed by atoms with van der Waals surface area (Å²) in [6.07, 6.45) is 0. The van der Waals surface area contributed by atoms with Gasteiger partial charge in [0.2, 0.25) is 6.79 Å². The van der Waals surface area contributed by atoms with Crippen LogP contribution in [0.4, 0.5) is 0 Å². The predicted octanol–water partition coefficient (Wildman–Crippen LogP) is 3.51. The topological polar surface area (TPSA) is 62.2 Å². The fraction of sp³-hybridized carbons (Fsp3) is 0.524. The number of aliphatic imine (C=N–C) groups is 1. The zero-order valence-electron chi connectivity index (χ0n) is 17.8. The lowest BCUT2D eigenvalue weighted by Crippen LogP contribution is -2.52. The molecule has 1 fully saturated rings. The van der Waals surface area contributed by atoms with Gasteiger partial charge >= 0.3 is 0 Å². The van der Waals surface area contributed by atoms with Crippen LogP contribution in [0, 0.1) is 0 Å². The Morgan fingerprint density at radius 2 is 1.97 bits per heavy atom. The lowest BCUT2D eigenvalue weighted by atomic mass is 10.1. The van der Waals surface area contributed by atoms with E-state index < -0.39 is 0 Å². The molecule has 0 aliphatic carbocycles. The lowest BCUT2D eigenvalue weighted by molar-refractivity contribution is 0.171. The number of aromatic nitrogens is 1. The second-order valence-electron chi connectivity index (χ2n) is 7.68. The number of guanidine groups is 1. The van der Waals surface area contributed by atoms with E-state index in [0.29, 0.717) is 19.3 Å². The highest BCUT2D eigenvalue weighted by Gasteiger charge is 2.21. The van der Waals surface area contributed by atoms with Crippen molar-refractivity contribution < 1.29 is 9.47 Å². The Kier molecular flexibility index (Phi) is 8.18. The Morgan fingerprint density at radius 1 is 1.20 bits per heavy atom. The molecule has 9 heteroatoms. The molecular weight excluding hydrogens is 513 g/mol. The maximum Gasteiger partial charge on any atom is 0.231 e. The van der Waals surface area contributed by atoms with Crippen LogP contribution in [0.5, 0.6) is 11.5 Å². The minimum absolute atomic E-state index is 0. The predicted molar refractivity (Wildman–Crippen MR) is 131 cm³/mol. The number of nitrogens with one attached hydrogen (secondary N) is 1. The van der Waals surface area contributed by atoms with E-state index in [1.807, 2.05) is 13.1 Å². The summed E-state index contributed by atoms with van der Waals surface area (Å²) in [6, 6.07) is 6.22. The normalized spacial score (nSPS) is 16.7. The molecule has 0 amide bonds. The quantitative estimate of drug-likeness (QED) is 0.354. The Hall–Kier alpha value is -1.59. The van der Waals surface area contributed by atoms with Gasteiger partial charge in [-0.25, -0.2) is 4.98 Å². The average molecular weight is 543 g/mol. The number of halogens is 1. The van der Waals surface area contributed by atoms with Gasteiger partial charge in [0.05, 0.1) is 17.2 Å². The summed E-state index contributed by atoms with van der Waals surface area (Å²) in [5, 5.41) is 6.80. The van der Waals surface area contributed by atoms with E-state index in [9.17, 15) is 0 Å². The SMILES string of the molecule is CN=C(NCc1csc(C(C)C)n1)N1CCN(Cc2ccc3c(c2)OCO3)CC1.I. The van der Waals surface area contributed by atoms with Gasteiger partial charge < -0.3 is 19.7 Å². The summed E-state index contributed by atoms with van der Waals surface area (Å²) in [5.41, 5.74) is 2.34. The minimum atomic E-state index is 0. The van der Waals surface area contributed by atoms with E-state index >= 15 is 0 Å². The van der Waals surface area contributed by atoms with Gasteiger partial charge in [0, 0.05) is 51.1 Å². The Labute approximate surface area is 199 Å². The van der Waals surface area contributed by atoms with Crippen molar-refractivity contribution in [1.82, 2.24) is 20.1 Å². The lowest BCUT2D eigenvalue weighted by Gasteiger charge is -2.36. The van der Waals surface area contributed by atoms with E-state index in [4.69, 9.17) is 14.5 Å². The van der Waals surface area contributed by atoms with Gasteiger partial charge in [-0.15, -0.1) is 35.3 Å². The summed E-state index contributed by atoms with van der Waals surface area (Å²) >= 11 is 1.73. The molecule has 7 nitrogen and oxygen atoms in total. The van der Waals surface area contributed by atoms with E-state index in [1.165, 1.54) is 10.6 Å². The molecule has 2 aliphatic heterocycles. The van der Waals surface area contributed by atoms with Crippen LogP contribution in [0.25, 0.3) is 0 Å². The molecule has 0 radical (unpaired) electrons. The van der Waals surface area contributed by atoms with Crippen LogP contribution in [-0.2, 0) is 13.1 Å². The average Bonchev–Trinajstić information content (AvgIpc) is 3.39. The molecule has 0 bridgehead atoms. The van der Waals surface area contributed by atoms with Crippen molar-refractivity contribution in [3.63, 3.8) is 0 Å². The van der Waals surface area contributed by atoms with Crippen LogP contribution >= 0.6 is 35.3 Å². The first kappa shape index (κ1) is 23.1. The van der Waals surface area contributed by atoms with Crippen molar-refractivity contribution in [2.75, 3.05) is 40.0 Å². The van der Waals surface area contributed by atoms with Crippen molar-refractivity contribution >= 4 is 41.3 Å². The van der Waals surface area contributed by atoms with Gasteiger partial charge in [-0.3, -0.25) is 9.89 Å². The standard InChI is InChI=1S/C21H29N5O2S.HI/c1-15(2)20-24-17(13-29-20)11-23-21(22-3)26-8-6-25(7-9-26)12-16-4-5-18-19(10-16)28-14-27-18;/h4-5,10,13,15H,6-9,11-12,14H2,1-3H3,(H,22,23);1H. The second kappa shape index (κ2) is 10.6. The molecule has 1 saturated heterocycles. The molecule has 0 spiro atoms. The first-order valence-electron chi connectivity index (χ1n) is 10.1. The molecule has 0 atom stereocenters. The van der Waals surface area contributed by atoms with Crippen molar-refractivity contribution in [2.45, 2.75) is 32.9 Å². The molecule has 0 unspecified atom stereocenters. The minimum Gasteiger partial charge on any atom is -0.454 e. The molecule has 2 aromatic rings. The molecular formula is C21H30IN5O2S. The first-order chi connectivity index (χ1) is 14.1. The number of nitrogens with zero attached hydrogens (tertiary/aromatic N) is 4. The van der Waals surface area contributed by atoms with Gasteiger partial charge in [0.15, 0.2) is 17.5 Å². The van der Waals surface area contributed by atoms with E-state index in [0.717, 1.165) is 55.9 Å². The molecule has 164 valence electrons. The maximum absolute atomic E-state index is 5.49. The third-order valence-electron chi connectivity index (χ3n) is 5.22. The molecule has 1 aromatic heterocycles. The second-order valence-corrected chi connectivity index (χ2v) is 8.57. The van der Waals surface area contributed by atoms with Crippen molar-refractivity contribution in [3.05, 3.63) is 39.8 Å². The number of rotatable bonds is 5. The van der Waals surface area contributed by atoms with Crippen LogP contribution in [0.2, 0.25) is 0 Å². The van der Waals surface area contributed by atoms with Crippen molar-refractivity contribution in [2.24, 2.45) is 4.99 Å². The smallest absolute Gasteiger partial charge is 0.231 e. The van der Waals surface area contributed by atoms with Crippen LogP contribution in [-0.4, -0.2) is 60.8 Å². The van der Waals surface area contributed by atoms with Crippen molar-refractivity contribution in [3.8, 4) is 11.5 Å². The summed E-state index contributed by atoms with van der Waals surface area (Å²) in [7, 11) is 1.85. The fourth-order valence-electron chi connectivity index (χ4n) is 3.59. The van der Waals surface area contributed by atoms with E-state index in [-0.39, 0.29) is 24.0 Å². The van der Waals surface area contributed by atoms with E-state index in [1.54, 1.807) is 11.3 Å². The Balaban J connectivity index is 0.00000256. The number of hydrogen-bond acceptors (Lipinski definition) is 6. The summed E-state index contributed by atoms with van der Waals surface area (Å²) in [6.45, 7) is 10.2. The highest BCUT2D eigenvalue weighted by molar-refractivity contribution is 14.0. The Morgan fingerprint density at radius 3 is 2.67 bits per heavy atom. The first-order valence-corrected chi connectivity index (χ1v) is 11.0. The van der Waals surface area contributed by atoms with Crippen LogP contribution in [0.15, 0.2) is 28.6 Å². The van der Waals surface area contributed by atoms with Gasteiger partial charge in [-0.05, 0) is 17.7 Å². The zero-order valence-corrected chi connectivity index (χ0v) is 20.9. The largest absolute Gasteiger partial charge is 0.454 e. The Bertz CT molecular complexity index is 865. The van der Waals surface area contributed by atoms with Crippen molar-refractivity contribution in [1.29, 1.82) is 0 Å². The molecule has 0 saturated carbocycles. The molecule has 1 N–H and O–H groups in total. The fourth-order valence-corrected chi connectivity index (χ4v) is 4.42. The highest BCUT2D eigenvalue weighted by atomic mass is 127.